The number of carbonyl (C=O) groups is 1. The molecule has 0 bridgehead atoms. The second-order valence-electron chi connectivity index (χ2n) is 4.73. The van der Waals surface area contributed by atoms with E-state index in [1.807, 2.05) is 6.92 Å². The van der Waals surface area contributed by atoms with Crippen molar-refractivity contribution < 1.29 is 9.53 Å². The molecule has 1 aromatic heterocycles. The molecule has 1 amide bonds. The zero-order valence-electron chi connectivity index (χ0n) is 11.7. The van der Waals surface area contributed by atoms with Crippen LogP contribution in [-0.4, -0.2) is 41.7 Å². The Morgan fingerprint density at radius 2 is 2.45 bits per heavy atom. The Hall–Kier alpha value is -1.95. The summed E-state index contributed by atoms with van der Waals surface area (Å²) in [5, 5.41) is 5.83. The molecule has 2 heterocycles. The molecule has 6 heteroatoms. The molecule has 2 rings (SSSR count). The van der Waals surface area contributed by atoms with Crippen LogP contribution in [0.3, 0.4) is 0 Å². The van der Waals surface area contributed by atoms with E-state index in [1.165, 1.54) is 0 Å². The highest BCUT2D eigenvalue weighted by molar-refractivity contribution is 5.92. The fourth-order valence-electron chi connectivity index (χ4n) is 2.03. The number of hydrogen-bond acceptors (Lipinski definition) is 5. The zero-order chi connectivity index (χ0) is 14.4. The summed E-state index contributed by atoms with van der Waals surface area (Å²) in [6.07, 6.45) is 3.97. The number of aromatic nitrogens is 2. The Morgan fingerprint density at radius 1 is 1.60 bits per heavy atom. The van der Waals surface area contributed by atoms with E-state index in [0.29, 0.717) is 24.7 Å². The lowest BCUT2D eigenvalue weighted by Gasteiger charge is -2.11. The molecule has 1 fully saturated rings. The highest BCUT2D eigenvalue weighted by atomic mass is 16.5. The van der Waals surface area contributed by atoms with E-state index in [1.54, 1.807) is 12.1 Å². The van der Waals surface area contributed by atoms with Gasteiger partial charge in [-0.3, -0.25) is 4.79 Å². The summed E-state index contributed by atoms with van der Waals surface area (Å²) < 4.78 is 5.53. The molecule has 2 N–H and O–H groups in total. The lowest BCUT2D eigenvalue weighted by Crippen LogP contribution is -2.25. The van der Waals surface area contributed by atoms with Crippen molar-refractivity contribution in [3.05, 3.63) is 30.1 Å². The lowest BCUT2D eigenvalue weighted by molar-refractivity contribution is 0.0953. The molecule has 1 atom stereocenters. The summed E-state index contributed by atoms with van der Waals surface area (Å²) in [6.45, 7) is 7.29. The van der Waals surface area contributed by atoms with Gasteiger partial charge in [0.05, 0.1) is 6.10 Å². The second-order valence-corrected chi connectivity index (χ2v) is 4.73. The van der Waals surface area contributed by atoms with Crippen LogP contribution in [0.1, 0.15) is 29.0 Å². The summed E-state index contributed by atoms with van der Waals surface area (Å²) in [7, 11) is 0. The zero-order valence-corrected chi connectivity index (χ0v) is 11.7. The second kappa shape index (κ2) is 7.00. The minimum Gasteiger partial charge on any atom is -0.376 e. The molecule has 6 nitrogen and oxygen atoms in total. The van der Waals surface area contributed by atoms with Gasteiger partial charge in [0.1, 0.15) is 5.69 Å². The molecule has 0 aromatic carbocycles. The van der Waals surface area contributed by atoms with Gasteiger partial charge in [0.2, 0.25) is 5.95 Å². The maximum atomic E-state index is 11.9. The number of nitrogens with zero attached hydrogens (tertiary/aromatic N) is 2. The van der Waals surface area contributed by atoms with Gasteiger partial charge < -0.3 is 15.4 Å². The highest BCUT2D eigenvalue weighted by Crippen LogP contribution is 2.12. The normalized spacial score (nSPS) is 17.8. The molecule has 1 aliphatic heterocycles. The van der Waals surface area contributed by atoms with Gasteiger partial charge in [0.25, 0.3) is 5.91 Å². The van der Waals surface area contributed by atoms with Gasteiger partial charge in [-0.1, -0.05) is 6.08 Å². The highest BCUT2D eigenvalue weighted by Gasteiger charge is 2.16. The van der Waals surface area contributed by atoms with E-state index in [2.05, 4.69) is 27.2 Å². The first-order chi connectivity index (χ1) is 9.69. The van der Waals surface area contributed by atoms with Gasteiger partial charge in [0.15, 0.2) is 0 Å². The van der Waals surface area contributed by atoms with Crippen molar-refractivity contribution in [2.24, 2.45) is 0 Å². The van der Waals surface area contributed by atoms with E-state index in [-0.39, 0.29) is 12.0 Å². The van der Waals surface area contributed by atoms with Crippen LogP contribution in [0.25, 0.3) is 0 Å². The van der Waals surface area contributed by atoms with Crippen molar-refractivity contribution in [3.63, 3.8) is 0 Å². The fraction of sp³-hybridized carbons (Fsp3) is 0.500. The molecule has 0 spiro atoms. The average molecular weight is 276 g/mol. The van der Waals surface area contributed by atoms with Crippen LogP contribution in [0, 0.1) is 6.92 Å². The Bertz CT molecular complexity index is 484. The van der Waals surface area contributed by atoms with Gasteiger partial charge in [-0.15, -0.1) is 6.58 Å². The first-order valence-electron chi connectivity index (χ1n) is 6.79. The number of nitrogens with one attached hydrogen (secondary N) is 2. The van der Waals surface area contributed by atoms with Crippen molar-refractivity contribution in [2.45, 2.75) is 25.9 Å². The molecule has 0 radical (unpaired) electrons. The van der Waals surface area contributed by atoms with Crippen LogP contribution in [0.4, 0.5) is 5.95 Å². The Labute approximate surface area is 118 Å². The molecule has 0 saturated carbocycles. The van der Waals surface area contributed by atoms with Crippen LogP contribution >= 0.6 is 0 Å². The minimum atomic E-state index is -0.226. The fourth-order valence-corrected chi connectivity index (χ4v) is 2.03. The Balaban J connectivity index is 1.99. The molecule has 108 valence electrons. The summed E-state index contributed by atoms with van der Waals surface area (Å²) >= 11 is 0. The molecule has 1 unspecified atom stereocenters. The third-order valence-corrected chi connectivity index (χ3v) is 3.01. The number of carbonyl (C=O) groups excluding carboxylic acids is 1. The summed E-state index contributed by atoms with van der Waals surface area (Å²) in [5.74, 6) is 0.236. The topological polar surface area (TPSA) is 76.1 Å². The number of anilines is 1. The number of aryl methyl sites for hydroxylation is 1. The quantitative estimate of drug-likeness (QED) is 0.766. The predicted molar refractivity (Wildman–Crippen MR) is 76.8 cm³/mol. The molecular weight excluding hydrogens is 256 g/mol. The third-order valence-electron chi connectivity index (χ3n) is 3.01. The number of hydrogen-bond donors (Lipinski definition) is 2. The van der Waals surface area contributed by atoms with Crippen LogP contribution in [0.5, 0.6) is 0 Å². The van der Waals surface area contributed by atoms with Crippen molar-refractivity contribution >= 4 is 11.9 Å². The Kier molecular flexibility index (Phi) is 5.06. The van der Waals surface area contributed by atoms with Gasteiger partial charge in [-0.2, -0.15) is 0 Å². The van der Waals surface area contributed by atoms with Gasteiger partial charge >= 0.3 is 0 Å². The maximum Gasteiger partial charge on any atom is 0.270 e. The molecule has 1 aromatic rings. The molecule has 20 heavy (non-hydrogen) atoms. The van der Waals surface area contributed by atoms with Gasteiger partial charge in [-0.05, 0) is 25.8 Å². The minimum absolute atomic E-state index is 0.206. The number of rotatable bonds is 6. The SMILES string of the molecule is C=CCNC(=O)c1cc(C)nc(NCC2CCCO2)n1. The number of amides is 1. The first-order valence-corrected chi connectivity index (χ1v) is 6.79. The molecule has 0 aliphatic carbocycles. The van der Waals surface area contributed by atoms with Crippen molar-refractivity contribution in [2.75, 3.05) is 25.0 Å². The van der Waals surface area contributed by atoms with E-state index in [4.69, 9.17) is 4.74 Å². The van der Waals surface area contributed by atoms with E-state index in [9.17, 15) is 4.79 Å². The molecule has 1 aliphatic rings. The largest absolute Gasteiger partial charge is 0.376 e. The van der Waals surface area contributed by atoms with Crippen LogP contribution in [0.15, 0.2) is 18.7 Å². The van der Waals surface area contributed by atoms with Crippen molar-refractivity contribution in [1.29, 1.82) is 0 Å². The summed E-state index contributed by atoms with van der Waals surface area (Å²) in [5.41, 5.74) is 1.10. The van der Waals surface area contributed by atoms with Crippen molar-refractivity contribution in [3.8, 4) is 0 Å². The smallest absolute Gasteiger partial charge is 0.270 e. The number of ether oxygens (including phenoxy) is 1. The van der Waals surface area contributed by atoms with Gasteiger partial charge in [0, 0.05) is 25.4 Å². The standard InChI is InChI=1S/C14H20N4O2/c1-3-6-15-13(19)12-8-10(2)17-14(18-12)16-9-11-5-4-7-20-11/h3,8,11H,1,4-7,9H2,2H3,(H,15,19)(H,16,17,18). The first kappa shape index (κ1) is 14.5. The van der Waals surface area contributed by atoms with E-state index in [0.717, 1.165) is 25.1 Å². The van der Waals surface area contributed by atoms with Crippen molar-refractivity contribution in [1.82, 2.24) is 15.3 Å². The van der Waals surface area contributed by atoms with Crippen LogP contribution in [0.2, 0.25) is 0 Å². The Morgan fingerprint density at radius 3 is 3.15 bits per heavy atom. The maximum absolute atomic E-state index is 11.9. The molecule has 1 saturated heterocycles. The van der Waals surface area contributed by atoms with E-state index < -0.39 is 0 Å². The van der Waals surface area contributed by atoms with Crippen LogP contribution in [-0.2, 0) is 4.74 Å². The molecular formula is C14H20N4O2. The predicted octanol–water partition coefficient (Wildman–Crippen LogP) is 1.29. The van der Waals surface area contributed by atoms with Crippen LogP contribution < -0.4 is 10.6 Å². The monoisotopic (exact) mass is 276 g/mol. The van der Waals surface area contributed by atoms with Gasteiger partial charge in [-0.25, -0.2) is 9.97 Å². The summed E-state index contributed by atoms with van der Waals surface area (Å²) in [6, 6.07) is 1.66. The summed E-state index contributed by atoms with van der Waals surface area (Å²) in [4.78, 5) is 20.4. The average Bonchev–Trinajstić information content (AvgIpc) is 2.95. The van der Waals surface area contributed by atoms with E-state index >= 15 is 0 Å². The lowest BCUT2D eigenvalue weighted by atomic mass is 10.2. The third kappa shape index (κ3) is 4.03.